The number of primary amides is 1. The van der Waals surface area contributed by atoms with Crippen LogP contribution >= 0.6 is 0 Å². The third-order valence-corrected chi connectivity index (χ3v) is 5.61. The maximum atomic E-state index is 12.0. The van der Waals surface area contributed by atoms with Crippen LogP contribution in [0.1, 0.15) is 38.5 Å². The van der Waals surface area contributed by atoms with Crippen molar-refractivity contribution in [2.24, 2.45) is 11.7 Å². The number of aromatic nitrogens is 1. The number of pyridine rings is 1. The highest BCUT2D eigenvalue weighted by Crippen LogP contribution is 2.19. The molecular formula is C20H32N6O2. The van der Waals surface area contributed by atoms with Gasteiger partial charge in [0.2, 0.25) is 5.91 Å². The normalized spacial score (nSPS) is 18.2. The molecule has 2 aliphatic heterocycles. The van der Waals surface area contributed by atoms with Crippen LogP contribution in [0.3, 0.4) is 0 Å². The van der Waals surface area contributed by atoms with Crippen molar-refractivity contribution < 1.29 is 9.59 Å². The fraction of sp³-hybridized carbons (Fsp3) is 0.650. The van der Waals surface area contributed by atoms with E-state index in [-0.39, 0.29) is 17.9 Å². The van der Waals surface area contributed by atoms with Gasteiger partial charge in [0.05, 0.1) is 11.9 Å². The van der Waals surface area contributed by atoms with E-state index in [9.17, 15) is 9.59 Å². The first-order chi connectivity index (χ1) is 13.6. The van der Waals surface area contributed by atoms with Gasteiger partial charge in [0.1, 0.15) is 5.82 Å². The number of anilines is 2. The molecule has 0 atom stereocenters. The van der Waals surface area contributed by atoms with E-state index in [1.54, 1.807) is 6.20 Å². The molecule has 0 bridgehead atoms. The molecule has 8 heteroatoms. The molecule has 28 heavy (non-hydrogen) atoms. The smallest absolute Gasteiger partial charge is 0.319 e. The summed E-state index contributed by atoms with van der Waals surface area (Å²) in [5.74, 6) is 0.847. The van der Waals surface area contributed by atoms with Gasteiger partial charge in [0.25, 0.3) is 0 Å². The van der Waals surface area contributed by atoms with Crippen molar-refractivity contribution in [3.63, 3.8) is 0 Å². The highest BCUT2D eigenvalue weighted by molar-refractivity contribution is 5.89. The zero-order valence-electron chi connectivity index (χ0n) is 16.5. The molecule has 2 fully saturated rings. The van der Waals surface area contributed by atoms with E-state index in [4.69, 9.17) is 5.73 Å². The van der Waals surface area contributed by atoms with Crippen LogP contribution in [-0.4, -0.2) is 61.1 Å². The summed E-state index contributed by atoms with van der Waals surface area (Å²) in [6, 6.07) is 3.66. The van der Waals surface area contributed by atoms with Gasteiger partial charge < -0.3 is 26.2 Å². The molecule has 1 aromatic heterocycles. The molecule has 3 rings (SSSR count). The van der Waals surface area contributed by atoms with E-state index in [1.807, 2.05) is 12.1 Å². The molecule has 3 heterocycles. The summed E-state index contributed by atoms with van der Waals surface area (Å²) in [5.41, 5.74) is 6.07. The van der Waals surface area contributed by atoms with Crippen LogP contribution in [0.5, 0.6) is 0 Å². The number of piperidine rings is 1. The van der Waals surface area contributed by atoms with Crippen molar-refractivity contribution in [3.8, 4) is 0 Å². The second-order valence-electron chi connectivity index (χ2n) is 7.71. The molecule has 2 aliphatic rings. The predicted molar refractivity (Wildman–Crippen MR) is 110 cm³/mol. The Morgan fingerprint density at radius 1 is 1.11 bits per heavy atom. The second kappa shape index (κ2) is 10.3. The average molecular weight is 389 g/mol. The van der Waals surface area contributed by atoms with Gasteiger partial charge in [-0.15, -0.1) is 0 Å². The molecule has 0 aromatic carbocycles. The van der Waals surface area contributed by atoms with Gasteiger partial charge in [-0.1, -0.05) is 0 Å². The van der Waals surface area contributed by atoms with Gasteiger partial charge in [-0.25, -0.2) is 9.78 Å². The third kappa shape index (κ3) is 6.09. The molecule has 0 spiro atoms. The number of urea groups is 1. The van der Waals surface area contributed by atoms with Crippen molar-refractivity contribution in [3.05, 3.63) is 18.3 Å². The number of likely N-dealkylation sites (tertiary alicyclic amines) is 1. The number of carbonyl (C=O) groups is 2. The first kappa shape index (κ1) is 20.4. The van der Waals surface area contributed by atoms with Crippen LogP contribution in [0, 0.1) is 5.92 Å². The van der Waals surface area contributed by atoms with Gasteiger partial charge >= 0.3 is 6.03 Å². The van der Waals surface area contributed by atoms with E-state index in [2.05, 4.69) is 25.4 Å². The predicted octanol–water partition coefficient (Wildman–Crippen LogP) is 1.78. The fourth-order valence-electron chi connectivity index (χ4n) is 3.87. The van der Waals surface area contributed by atoms with Crippen LogP contribution in [-0.2, 0) is 4.79 Å². The van der Waals surface area contributed by atoms with E-state index in [0.717, 1.165) is 64.2 Å². The maximum absolute atomic E-state index is 12.0. The second-order valence-corrected chi connectivity index (χ2v) is 7.71. The SMILES string of the molecule is NC(=O)C1CCN(CCCCNC(=O)Nc2ccc(N3CCCC3)nc2)CC1. The quantitative estimate of drug-likeness (QED) is 0.589. The molecule has 4 N–H and O–H groups in total. The zero-order chi connectivity index (χ0) is 19.8. The maximum Gasteiger partial charge on any atom is 0.319 e. The van der Waals surface area contributed by atoms with Crippen LogP contribution in [0.25, 0.3) is 0 Å². The topological polar surface area (TPSA) is 104 Å². The molecule has 0 aliphatic carbocycles. The van der Waals surface area contributed by atoms with Gasteiger partial charge in [-0.3, -0.25) is 4.79 Å². The molecule has 1 aromatic rings. The summed E-state index contributed by atoms with van der Waals surface area (Å²) >= 11 is 0. The lowest BCUT2D eigenvalue weighted by atomic mass is 9.96. The number of nitrogens with two attached hydrogens (primary N) is 1. The molecular weight excluding hydrogens is 356 g/mol. The number of hydrogen-bond donors (Lipinski definition) is 3. The molecule has 2 saturated heterocycles. The van der Waals surface area contributed by atoms with E-state index >= 15 is 0 Å². The Bertz CT molecular complexity index is 637. The van der Waals surface area contributed by atoms with Gasteiger partial charge in [0.15, 0.2) is 0 Å². The van der Waals surface area contributed by atoms with E-state index < -0.39 is 0 Å². The highest BCUT2D eigenvalue weighted by atomic mass is 16.2. The standard InChI is InChI=1S/C20H32N6O2/c21-19(27)16-7-13-25(14-8-16)10-2-1-9-22-20(28)24-17-5-6-18(23-15-17)26-11-3-4-12-26/h5-6,15-16H,1-4,7-14H2,(H2,21,27)(H2,22,24,28). The van der Waals surface area contributed by atoms with Crippen LogP contribution in [0.4, 0.5) is 16.3 Å². The van der Waals surface area contributed by atoms with Crippen molar-refractivity contribution in [2.75, 3.05) is 49.5 Å². The number of amides is 3. The molecule has 0 radical (unpaired) electrons. The van der Waals surface area contributed by atoms with Crippen LogP contribution in [0.2, 0.25) is 0 Å². The molecule has 0 saturated carbocycles. The first-order valence-electron chi connectivity index (χ1n) is 10.4. The Kier molecular flexibility index (Phi) is 7.47. The lowest BCUT2D eigenvalue weighted by Crippen LogP contribution is -2.39. The lowest BCUT2D eigenvalue weighted by molar-refractivity contribution is -0.123. The van der Waals surface area contributed by atoms with E-state index in [0.29, 0.717) is 12.2 Å². The number of carbonyl (C=O) groups excluding carboxylic acids is 2. The Hall–Kier alpha value is -2.35. The zero-order valence-corrected chi connectivity index (χ0v) is 16.5. The van der Waals surface area contributed by atoms with Crippen molar-refractivity contribution in [1.29, 1.82) is 0 Å². The van der Waals surface area contributed by atoms with Gasteiger partial charge in [0, 0.05) is 25.6 Å². The summed E-state index contributed by atoms with van der Waals surface area (Å²) in [6.07, 6.45) is 7.82. The number of rotatable bonds is 8. The molecule has 8 nitrogen and oxygen atoms in total. The summed E-state index contributed by atoms with van der Waals surface area (Å²) < 4.78 is 0. The molecule has 3 amide bonds. The average Bonchev–Trinajstić information content (AvgIpc) is 3.23. The van der Waals surface area contributed by atoms with E-state index in [1.165, 1.54) is 12.8 Å². The molecule has 0 unspecified atom stereocenters. The number of nitrogens with zero attached hydrogens (tertiary/aromatic N) is 3. The number of unbranched alkanes of at least 4 members (excludes halogenated alkanes) is 1. The Morgan fingerprint density at radius 3 is 2.50 bits per heavy atom. The van der Waals surface area contributed by atoms with Gasteiger partial charge in [-0.05, 0) is 70.3 Å². The summed E-state index contributed by atoms with van der Waals surface area (Å²) in [7, 11) is 0. The first-order valence-corrected chi connectivity index (χ1v) is 10.4. The number of hydrogen-bond acceptors (Lipinski definition) is 5. The Labute approximate surface area is 166 Å². The number of nitrogens with one attached hydrogen (secondary N) is 2. The largest absolute Gasteiger partial charge is 0.369 e. The summed E-state index contributed by atoms with van der Waals surface area (Å²) in [6.45, 7) is 5.62. The minimum Gasteiger partial charge on any atom is -0.369 e. The van der Waals surface area contributed by atoms with Crippen molar-refractivity contribution >= 4 is 23.4 Å². The minimum absolute atomic E-state index is 0.0421. The van der Waals surface area contributed by atoms with Crippen LogP contribution < -0.4 is 21.3 Å². The minimum atomic E-state index is -0.196. The monoisotopic (exact) mass is 388 g/mol. The lowest BCUT2D eigenvalue weighted by Gasteiger charge is -2.30. The highest BCUT2D eigenvalue weighted by Gasteiger charge is 2.22. The van der Waals surface area contributed by atoms with Crippen molar-refractivity contribution in [1.82, 2.24) is 15.2 Å². The Balaban J connectivity index is 1.26. The van der Waals surface area contributed by atoms with Crippen LogP contribution in [0.15, 0.2) is 18.3 Å². The van der Waals surface area contributed by atoms with Gasteiger partial charge in [-0.2, -0.15) is 0 Å². The summed E-state index contributed by atoms with van der Waals surface area (Å²) in [4.78, 5) is 32.3. The Morgan fingerprint density at radius 2 is 1.86 bits per heavy atom. The van der Waals surface area contributed by atoms with Crippen molar-refractivity contribution in [2.45, 2.75) is 38.5 Å². The molecule has 154 valence electrons. The fourth-order valence-corrected chi connectivity index (χ4v) is 3.87. The third-order valence-electron chi connectivity index (χ3n) is 5.61. The summed E-state index contributed by atoms with van der Waals surface area (Å²) in [5, 5.41) is 5.72.